The summed E-state index contributed by atoms with van der Waals surface area (Å²) < 4.78 is 5.90. The number of rotatable bonds is 5. The van der Waals surface area contributed by atoms with Crippen molar-refractivity contribution in [1.29, 1.82) is 0 Å². The monoisotopic (exact) mass is 417 g/mol. The van der Waals surface area contributed by atoms with Gasteiger partial charge >= 0.3 is 0 Å². The number of anilines is 1. The standard InChI is InChI=1S/C24H23N3O2S/c1-14-7-8-15(2)21(12-14)29-17(4)22(28)26-19-10-9-18(13-16(19)3)23-27-20-6-5-11-25-24(20)30-23/h5-13,17H,1-4H3,(H,26,28). The van der Waals surface area contributed by atoms with Crippen LogP contribution in [0.2, 0.25) is 0 Å². The van der Waals surface area contributed by atoms with Crippen molar-refractivity contribution < 1.29 is 9.53 Å². The lowest BCUT2D eigenvalue weighted by atomic mass is 10.1. The van der Waals surface area contributed by atoms with E-state index in [1.165, 1.54) is 0 Å². The van der Waals surface area contributed by atoms with Crippen LogP contribution in [-0.4, -0.2) is 22.0 Å². The lowest BCUT2D eigenvalue weighted by Gasteiger charge is -2.17. The van der Waals surface area contributed by atoms with Crippen LogP contribution < -0.4 is 10.1 Å². The maximum atomic E-state index is 12.7. The number of carbonyl (C=O) groups is 1. The molecule has 152 valence electrons. The van der Waals surface area contributed by atoms with E-state index in [0.717, 1.165) is 49.0 Å². The van der Waals surface area contributed by atoms with Gasteiger partial charge < -0.3 is 10.1 Å². The summed E-state index contributed by atoms with van der Waals surface area (Å²) in [5.41, 5.74) is 5.73. The van der Waals surface area contributed by atoms with Crippen LogP contribution in [-0.2, 0) is 4.79 Å². The van der Waals surface area contributed by atoms with Crippen molar-refractivity contribution in [2.75, 3.05) is 5.32 Å². The molecule has 4 rings (SSSR count). The Morgan fingerprint density at radius 1 is 1.07 bits per heavy atom. The Hall–Kier alpha value is -3.25. The second-order valence-electron chi connectivity index (χ2n) is 7.39. The minimum atomic E-state index is -0.611. The van der Waals surface area contributed by atoms with Gasteiger partial charge in [0.05, 0.1) is 0 Å². The van der Waals surface area contributed by atoms with Crippen LogP contribution in [0.5, 0.6) is 5.75 Å². The molecule has 2 aromatic carbocycles. The number of hydrogen-bond acceptors (Lipinski definition) is 5. The fourth-order valence-corrected chi connectivity index (χ4v) is 4.05. The van der Waals surface area contributed by atoms with Crippen molar-refractivity contribution in [2.45, 2.75) is 33.8 Å². The van der Waals surface area contributed by atoms with E-state index < -0.39 is 6.10 Å². The predicted molar refractivity (Wildman–Crippen MR) is 122 cm³/mol. The molecular formula is C24H23N3O2S. The molecule has 0 bridgehead atoms. The van der Waals surface area contributed by atoms with Gasteiger partial charge in [-0.2, -0.15) is 0 Å². The summed E-state index contributed by atoms with van der Waals surface area (Å²) >= 11 is 1.56. The summed E-state index contributed by atoms with van der Waals surface area (Å²) in [7, 11) is 0. The summed E-state index contributed by atoms with van der Waals surface area (Å²) in [5, 5.41) is 3.89. The fourth-order valence-electron chi connectivity index (χ4n) is 3.14. The highest BCUT2D eigenvalue weighted by Crippen LogP contribution is 2.31. The van der Waals surface area contributed by atoms with Crippen LogP contribution in [0.15, 0.2) is 54.7 Å². The molecule has 0 radical (unpaired) electrons. The molecule has 0 saturated carbocycles. The van der Waals surface area contributed by atoms with Gasteiger partial charge in [-0.25, -0.2) is 9.97 Å². The highest BCUT2D eigenvalue weighted by atomic mass is 32.1. The van der Waals surface area contributed by atoms with Gasteiger partial charge in [0.1, 0.15) is 21.1 Å². The van der Waals surface area contributed by atoms with E-state index in [1.807, 2.05) is 69.3 Å². The van der Waals surface area contributed by atoms with Gasteiger partial charge in [0, 0.05) is 17.4 Å². The van der Waals surface area contributed by atoms with Crippen LogP contribution in [0.25, 0.3) is 20.9 Å². The molecule has 30 heavy (non-hydrogen) atoms. The first kappa shape index (κ1) is 20.0. The molecule has 2 aromatic heterocycles. The minimum absolute atomic E-state index is 0.184. The number of hydrogen-bond donors (Lipinski definition) is 1. The first-order valence-electron chi connectivity index (χ1n) is 9.78. The summed E-state index contributed by atoms with van der Waals surface area (Å²) in [4.78, 5) is 22.6. The number of carbonyl (C=O) groups excluding carboxylic acids is 1. The van der Waals surface area contributed by atoms with Crippen LogP contribution in [0.3, 0.4) is 0 Å². The van der Waals surface area contributed by atoms with E-state index >= 15 is 0 Å². The van der Waals surface area contributed by atoms with Crippen molar-refractivity contribution in [2.24, 2.45) is 0 Å². The largest absolute Gasteiger partial charge is 0.481 e. The molecule has 5 nitrogen and oxygen atoms in total. The number of amides is 1. The van der Waals surface area contributed by atoms with E-state index in [4.69, 9.17) is 4.74 Å². The third-order valence-corrected chi connectivity index (χ3v) is 5.94. The van der Waals surface area contributed by atoms with Crippen molar-refractivity contribution in [3.8, 4) is 16.3 Å². The van der Waals surface area contributed by atoms with Crippen LogP contribution in [0.1, 0.15) is 23.6 Å². The zero-order valence-electron chi connectivity index (χ0n) is 17.4. The van der Waals surface area contributed by atoms with Crippen molar-refractivity contribution >= 4 is 33.3 Å². The number of nitrogens with one attached hydrogen (secondary N) is 1. The molecule has 1 atom stereocenters. The summed E-state index contributed by atoms with van der Waals surface area (Å²) in [6.07, 6.45) is 1.16. The third kappa shape index (κ3) is 4.19. The second-order valence-corrected chi connectivity index (χ2v) is 8.37. The first-order valence-corrected chi connectivity index (χ1v) is 10.6. The van der Waals surface area contributed by atoms with E-state index in [0.29, 0.717) is 0 Å². The number of ether oxygens (including phenoxy) is 1. The SMILES string of the molecule is Cc1ccc(C)c(OC(C)C(=O)Nc2ccc(-c3nc4cccnc4s3)cc2C)c1. The number of pyridine rings is 1. The maximum absolute atomic E-state index is 12.7. The number of aromatic nitrogens is 2. The maximum Gasteiger partial charge on any atom is 0.265 e. The Bertz CT molecular complexity index is 1200. The molecule has 0 aliphatic carbocycles. The van der Waals surface area contributed by atoms with Crippen LogP contribution in [0.4, 0.5) is 5.69 Å². The van der Waals surface area contributed by atoms with Gasteiger partial charge in [-0.15, -0.1) is 0 Å². The Kier molecular flexibility index (Phi) is 5.50. The number of aryl methyl sites for hydroxylation is 3. The molecule has 1 unspecified atom stereocenters. The lowest BCUT2D eigenvalue weighted by molar-refractivity contribution is -0.122. The highest BCUT2D eigenvalue weighted by molar-refractivity contribution is 7.21. The van der Waals surface area contributed by atoms with Gasteiger partial charge in [-0.05, 0) is 80.8 Å². The predicted octanol–water partition coefficient (Wildman–Crippen LogP) is 5.69. The minimum Gasteiger partial charge on any atom is -0.481 e. The van der Waals surface area contributed by atoms with Gasteiger partial charge in [-0.3, -0.25) is 4.79 Å². The van der Waals surface area contributed by atoms with E-state index in [-0.39, 0.29) is 5.91 Å². The molecule has 6 heteroatoms. The molecule has 1 N–H and O–H groups in total. The van der Waals surface area contributed by atoms with Gasteiger partial charge in [0.25, 0.3) is 5.91 Å². The Morgan fingerprint density at radius 2 is 1.90 bits per heavy atom. The molecule has 0 saturated heterocycles. The zero-order valence-corrected chi connectivity index (χ0v) is 18.2. The summed E-state index contributed by atoms with van der Waals surface area (Å²) in [6.45, 7) is 7.71. The Morgan fingerprint density at radius 3 is 2.67 bits per heavy atom. The average Bonchev–Trinajstić information content (AvgIpc) is 3.16. The Labute approximate surface area is 179 Å². The first-order chi connectivity index (χ1) is 14.4. The van der Waals surface area contributed by atoms with Gasteiger partial charge in [0.15, 0.2) is 6.10 Å². The van der Waals surface area contributed by atoms with Crippen LogP contribution in [0, 0.1) is 20.8 Å². The molecule has 0 spiro atoms. The number of fused-ring (bicyclic) bond motifs is 1. The molecule has 0 fully saturated rings. The zero-order chi connectivity index (χ0) is 21.3. The Balaban J connectivity index is 1.49. The molecule has 4 aromatic rings. The molecular weight excluding hydrogens is 394 g/mol. The highest BCUT2D eigenvalue weighted by Gasteiger charge is 2.17. The van der Waals surface area contributed by atoms with Gasteiger partial charge in [-0.1, -0.05) is 23.5 Å². The number of benzene rings is 2. The quantitative estimate of drug-likeness (QED) is 0.453. The summed E-state index contributed by atoms with van der Waals surface area (Å²) in [6, 6.07) is 15.7. The van der Waals surface area contributed by atoms with E-state index in [2.05, 4.69) is 15.3 Å². The lowest BCUT2D eigenvalue weighted by Crippen LogP contribution is -2.30. The molecule has 0 aliphatic rings. The third-order valence-electron chi connectivity index (χ3n) is 4.91. The fraction of sp³-hybridized carbons (Fsp3) is 0.208. The van der Waals surface area contributed by atoms with Crippen LogP contribution >= 0.6 is 11.3 Å². The van der Waals surface area contributed by atoms with Gasteiger partial charge in [0.2, 0.25) is 0 Å². The van der Waals surface area contributed by atoms with Crippen molar-refractivity contribution in [3.63, 3.8) is 0 Å². The van der Waals surface area contributed by atoms with Crippen molar-refractivity contribution in [1.82, 2.24) is 9.97 Å². The summed E-state index contributed by atoms with van der Waals surface area (Å²) in [5.74, 6) is 0.546. The molecule has 2 heterocycles. The topological polar surface area (TPSA) is 64.1 Å². The van der Waals surface area contributed by atoms with E-state index in [1.54, 1.807) is 24.5 Å². The normalized spacial score (nSPS) is 12.0. The van der Waals surface area contributed by atoms with E-state index in [9.17, 15) is 4.79 Å². The number of nitrogens with zero attached hydrogens (tertiary/aromatic N) is 2. The number of thiazole rings is 1. The smallest absolute Gasteiger partial charge is 0.265 e. The molecule has 1 amide bonds. The average molecular weight is 418 g/mol. The van der Waals surface area contributed by atoms with Crippen molar-refractivity contribution in [3.05, 3.63) is 71.4 Å². The second kappa shape index (κ2) is 8.24. The molecule has 0 aliphatic heterocycles.